The van der Waals surface area contributed by atoms with Gasteiger partial charge < -0.3 is 4.90 Å². The number of benzene rings is 1. The van der Waals surface area contributed by atoms with E-state index >= 15 is 0 Å². The molecular weight excluding hydrogens is 314 g/mol. The van der Waals surface area contributed by atoms with E-state index in [-0.39, 0.29) is 5.91 Å². The van der Waals surface area contributed by atoms with Crippen LogP contribution in [0.5, 0.6) is 0 Å². The molecule has 22 heavy (non-hydrogen) atoms. The van der Waals surface area contributed by atoms with Crippen LogP contribution in [0.3, 0.4) is 0 Å². The number of hydrogen-bond donors (Lipinski definition) is 0. The third kappa shape index (κ3) is 3.62. The normalized spacial score (nSPS) is 17.7. The van der Waals surface area contributed by atoms with Gasteiger partial charge in [0.1, 0.15) is 0 Å². The quantitative estimate of drug-likeness (QED) is 0.636. The summed E-state index contributed by atoms with van der Waals surface area (Å²) in [6.45, 7) is 2.97. The molecule has 0 saturated heterocycles. The smallest absolute Gasteiger partial charge is 0.237 e. The molecule has 0 radical (unpaired) electrons. The van der Waals surface area contributed by atoms with Crippen LogP contribution in [0, 0.1) is 0 Å². The van der Waals surface area contributed by atoms with Crippen molar-refractivity contribution in [1.29, 1.82) is 0 Å². The molecule has 0 saturated carbocycles. The lowest BCUT2D eigenvalue weighted by Crippen LogP contribution is -2.33. The average Bonchev–Trinajstić information content (AvgIpc) is 2.72. The van der Waals surface area contributed by atoms with Crippen LogP contribution in [0.15, 0.2) is 52.8 Å². The van der Waals surface area contributed by atoms with Gasteiger partial charge in [-0.3, -0.25) is 4.79 Å². The van der Waals surface area contributed by atoms with E-state index in [1.165, 1.54) is 16.7 Å². The maximum atomic E-state index is 12.6. The zero-order valence-electron chi connectivity index (χ0n) is 12.3. The summed E-state index contributed by atoms with van der Waals surface area (Å²) in [5, 5.41) is 1.16. The van der Waals surface area contributed by atoms with Gasteiger partial charge in [0.25, 0.3) is 0 Å². The van der Waals surface area contributed by atoms with E-state index in [4.69, 9.17) is 0 Å². The van der Waals surface area contributed by atoms with Crippen LogP contribution >= 0.6 is 23.5 Å². The SMILES string of the molecule is C[C@@H]1CCN(C(=O)CSc2ncccn2)c2ccccc2S1. The highest BCUT2D eigenvalue weighted by Gasteiger charge is 2.24. The van der Waals surface area contributed by atoms with Crippen LogP contribution in [-0.2, 0) is 4.79 Å². The first-order chi connectivity index (χ1) is 10.7. The molecule has 0 fully saturated rings. The van der Waals surface area contributed by atoms with Crippen LogP contribution in [0.4, 0.5) is 5.69 Å². The summed E-state index contributed by atoms with van der Waals surface area (Å²) in [4.78, 5) is 24.0. The van der Waals surface area contributed by atoms with Crippen LogP contribution in [-0.4, -0.2) is 33.4 Å². The Morgan fingerprint density at radius 2 is 2.09 bits per heavy atom. The highest BCUT2D eigenvalue weighted by Crippen LogP contribution is 2.37. The second-order valence-corrected chi connectivity index (χ2v) is 7.47. The summed E-state index contributed by atoms with van der Waals surface area (Å²) in [6, 6.07) is 9.91. The molecule has 3 rings (SSSR count). The molecule has 1 aromatic heterocycles. The first-order valence-corrected chi connectivity index (χ1v) is 9.06. The molecule has 0 spiro atoms. The molecule has 1 aromatic carbocycles. The number of anilines is 1. The molecule has 2 aromatic rings. The van der Waals surface area contributed by atoms with Gasteiger partial charge in [0.2, 0.25) is 5.91 Å². The average molecular weight is 331 g/mol. The molecule has 1 amide bonds. The van der Waals surface area contributed by atoms with Crippen LogP contribution in [0.2, 0.25) is 0 Å². The van der Waals surface area contributed by atoms with Crippen molar-refractivity contribution in [3.05, 3.63) is 42.7 Å². The minimum Gasteiger partial charge on any atom is -0.311 e. The van der Waals surface area contributed by atoms with Gasteiger partial charge >= 0.3 is 0 Å². The summed E-state index contributed by atoms with van der Waals surface area (Å²) in [6.07, 6.45) is 4.39. The number of nitrogens with zero attached hydrogens (tertiary/aromatic N) is 3. The summed E-state index contributed by atoms with van der Waals surface area (Å²) in [5.41, 5.74) is 1.02. The van der Waals surface area contributed by atoms with E-state index in [0.717, 1.165) is 18.7 Å². The zero-order valence-corrected chi connectivity index (χ0v) is 13.9. The molecule has 0 bridgehead atoms. The Balaban J connectivity index is 1.74. The number of amides is 1. The van der Waals surface area contributed by atoms with Crippen LogP contribution in [0.25, 0.3) is 0 Å². The van der Waals surface area contributed by atoms with Gasteiger partial charge in [-0.05, 0) is 24.6 Å². The monoisotopic (exact) mass is 331 g/mol. The predicted molar refractivity (Wildman–Crippen MR) is 91.5 cm³/mol. The predicted octanol–water partition coefficient (Wildman–Crippen LogP) is 3.49. The van der Waals surface area contributed by atoms with Crippen molar-refractivity contribution < 1.29 is 4.79 Å². The maximum Gasteiger partial charge on any atom is 0.237 e. The first kappa shape index (κ1) is 15.4. The second-order valence-electron chi connectivity index (χ2n) is 5.05. The molecule has 114 valence electrons. The molecule has 1 aliphatic heterocycles. The Labute approximate surface area is 138 Å². The Kier molecular flexibility index (Phi) is 5.00. The van der Waals surface area contributed by atoms with Crippen molar-refractivity contribution in [2.45, 2.75) is 28.6 Å². The van der Waals surface area contributed by atoms with E-state index in [1.807, 2.05) is 34.9 Å². The Morgan fingerprint density at radius 3 is 2.91 bits per heavy atom. The molecule has 0 N–H and O–H groups in total. The number of carbonyl (C=O) groups excluding carboxylic acids is 1. The zero-order chi connectivity index (χ0) is 15.4. The van der Waals surface area contributed by atoms with Crippen LogP contribution in [0.1, 0.15) is 13.3 Å². The van der Waals surface area contributed by atoms with E-state index in [0.29, 0.717) is 16.2 Å². The van der Waals surface area contributed by atoms with Crippen molar-refractivity contribution in [2.75, 3.05) is 17.2 Å². The number of hydrogen-bond acceptors (Lipinski definition) is 5. The van der Waals surface area contributed by atoms with Gasteiger partial charge in [-0.1, -0.05) is 30.8 Å². The first-order valence-electron chi connectivity index (χ1n) is 7.20. The molecule has 0 unspecified atom stereocenters. The minimum atomic E-state index is 0.111. The van der Waals surface area contributed by atoms with E-state index in [9.17, 15) is 4.79 Å². The van der Waals surface area contributed by atoms with E-state index in [2.05, 4.69) is 23.0 Å². The minimum absolute atomic E-state index is 0.111. The highest BCUT2D eigenvalue weighted by molar-refractivity contribution is 8.00. The number of fused-ring (bicyclic) bond motifs is 1. The topological polar surface area (TPSA) is 46.1 Å². The van der Waals surface area contributed by atoms with Crippen LogP contribution < -0.4 is 4.90 Å². The standard InChI is InChI=1S/C16H17N3OS2/c1-12-7-10-19(13-5-2-3-6-14(13)22-12)15(20)11-21-16-17-8-4-9-18-16/h2-6,8-9,12H,7,10-11H2,1H3/t12-/m1/s1. The Bertz CT molecular complexity index is 651. The van der Waals surface area contributed by atoms with Gasteiger partial charge in [-0.15, -0.1) is 11.8 Å². The van der Waals surface area contributed by atoms with Crippen molar-refractivity contribution in [3.63, 3.8) is 0 Å². The van der Waals surface area contributed by atoms with E-state index < -0.39 is 0 Å². The number of para-hydroxylation sites is 1. The lowest BCUT2D eigenvalue weighted by molar-refractivity contribution is -0.116. The molecule has 1 atom stereocenters. The van der Waals surface area contributed by atoms with Gasteiger partial charge in [-0.2, -0.15) is 0 Å². The molecule has 6 heteroatoms. The third-order valence-corrected chi connectivity index (χ3v) is 5.51. The fourth-order valence-electron chi connectivity index (χ4n) is 2.31. The molecule has 1 aliphatic rings. The summed E-state index contributed by atoms with van der Waals surface area (Å²) < 4.78 is 0. The van der Waals surface area contributed by atoms with E-state index in [1.54, 1.807) is 18.5 Å². The van der Waals surface area contributed by atoms with Gasteiger partial charge in [0.15, 0.2) is 5.16 Å². The van der Waals surface area contributed by atoms with Crippen molar-refractivity contribution in [1.82, 2.24) is 9.97 Å². The van der Waals surface area contributed by atoms with Crippen molar-refractivity contribution in [3.8, 4) is 0 Å². The lowest BCUT2D eigenvalue weighted by atomic mass is 10.2. The third-order valence-electron chi connectivity index (χ3n) is 3.41. The van der Waals surface area contributed by atoms with Gasteiger partial charge in [0.05, 0.1) is 11.4 Å². The summed E-state index contributed by atoms with van der Waals surface area (Å²) in [7, 11) is 0. The van der Waals surface area contributed by atoms with Crippen molar-refractivity contribution in [2.24, 2.45) is 0 Å². The maximum absolute atomic E-state index is 12.6. The Morgan fingerprint density at radius 1 is 1.32 bits per heavy atom. The second kappa shape index (κ2) is 7.15. The van der Waals surface area contributed by atoms with Gasteiger partial charge in [-0.25, -0.2) is 9.97 Å². The summed E-state index contributed by atoms with van der Waals surface area (Å²) in [5.74, 6) is 0.469. The fourth-order valence-corrected chi connectivity index (χ4v) is 4.10. The number of thioether (sulfide) groups is 2. The largest absolute Gasteiger partial charge is 0.311 e. The number of aromatic nitrogens is 2. The number of carbonyl (C=O) groups is 1. The fraction of sp³-hybridized carbons (Fsp3) is 0.312. The van der Waals surface area contributed by atoms with Crippen molar-refractivity contribution >= 4 is 35.1 Å². The Hall–Kier alpha value is -1.53. The van der Waals surface area contributed by atoms with Gasteiger partial charge in [0, 0.05) is 29.1 Å². The molecule has 0 aliphatic carbocycles. The lowest BCUT2D eigenvalue weighted by Gasteiger charge is -2.22. The molecular formula is C16H17N3OS2. The highest BCUT2D eigenvalue weighted by atomic mass is 32.2. The number of rotatable bonds is 3. The molecule has 4 nitrogen and oxygen atoms in total. The molecule has 2 heterocycles. The summed E-state index contributed by atoms with van der Waals surface area (Å²) >= 11 is 3.23.